The Hall–Kier alpha value is -3.50. The van der Waals surface area contributed by atoms with Crippen LogP contribution in [0.2, 0.25) is 5.02 Å². The van der Waals surface area contributed by atoms with E-state index in [1.807, 2.05) is 6.07 Å². The lowest BCUT2D eigenvalue weighted by molar-refractivity contribution is -0.111. The number of amides is 1. The molecule has 4 nitrogen and oxygen atoms in total. The van der Waals surface area contributed by atoms with Crippen LogP contribution in [-0.4, -0.2) is 17.5 Å². The Morgan fingerprint density at radius 3 is 2.25 bits per heavy atom. The van der Waals surface area contributed by atoms with Crippen molar-refractivity contribution in [2.24, 2.45) is 0 Å². The van der Waals surface area contributed by atoms with Gasteiger partial charge in [-0.25, -0.2) is 0 Å². The van der Waals surface area contributed by atoms with E-state index >= 15 is 0 Å². The minimum atomic E-state index is -0.410. The van der Waals surface area contributed by atoms with Crippen molar-refractivity contribution in [1.29, 1.82) is 0 Å². The Kier molecular flexibility index (Phi) is 4.63. The summed E-state index contributed by atoms with van der Waals surface area (Å²) in [5, 5.41) is 3.28. The van der Waals surface area contributed by atoms with Gasteiger partial charge in [-0.05, 0) is 29.8 Å². The summed E-state index contributed by atoms with van der Waals surface area (Å²) in [6, 6.07) is 18.6. The average Bonchev–Trinajstić information content (AvgIpc) is 2.70. The van der Waals surface area contributed by atoms with E-state index in [9.17, 15) is 14.4 Å². The highest BCUT2D eigenvalue weighted by molar-refractivity contribution is 6.31. The van der Waals surface area contributed by atoms with Gasteiger partial charge in [0.05, 0.1) is 11.3 Å². The number of ketones is 2. The minimum absolute atomic E-state index is 0.218. The van der Waals surface area contributed by atoms with E-state index in [4.69, 9.17) is 11.6 Å². The van der Waals surface area contributed by atoms with E-state index in [1.54, 1.807) is 66.7 Å². The molecular weight excluding hydrogens is 374 g/mol. The fourth-order valence-corrected chi connectivity index (χ4v) is 3.40. The summed E-state index contributed by atoms with van der Waals surface area (Å²) >= 11 is 5.94. The fourth-order valence-electron chi connectivity index (χ4n) is 3.21. The lowest BCUT2D eigenvalue weighted by atomic mass is 9.83. The van der Waals surface area contributed by atoms with Gasteiger partial charge in [-0.3, -0.25) is 14.4 Å². The third-order valence-corrected chi connectivity index (χ3v) is 4.72. The van der Waals surface area contributed by atoms with Crippen LogP contribution in [0, 0.1) is 0 Å². The lowest BCUT2D eigenvalue weighted by Gasteiger charge is -2.20. The Morgan fingerprint density at radius 2 is 1.50 bits per heavy atom. The molecule has 0 aliphatic heterocycles. The maximum absolute atomic E-state index is 12.9. The molecule has 0 saturated carbocycles. The largest absolute Gasteiger partial charge is 0.322 e. The van der Waals surface area contributed by atoms with Gasteiger partial charge in [0.25, 0.3) is 0 Å². The molecule has 4 rings (SSSR count). The number of hydrogen-bond donors (Lipinski definition) is 1. The molecule has 28 heavy (non-hydrogen) atoms. The van der Waals surface area contributed by atoms with E-state index in [0.29, 0.717) is 27.4 Å². The summed E-state index contributed by atoms with van der Waals surface area (Å²) in [5.74, 6) is -0.914. The molecule has 5 heteroatoms. The van der Waals surface area contributed by atoms with E-state index in [1.165, 1.54) is 6.08 Å². The van der Waals surface area contributed by atoms with Crippen LogP contribution in [0.25, 0.3) is 6.08 Å². The third kappa shape index (κ3) is 3.26. The van der Waals surface area contributed by atoms with Crippen LogP contribution < -0.4 is 5.32 Å². The first kappa shape index (κ1) is 17.9. The summed E-state index contributed by atoms with van der Waals surface area (Å²) in [6.07, 6.45) is 2.98. The van der Waals surface area contributed by atoms with E-state index in [-0.39, 0.29) is 17.1 Å². The van der Waals surface area contributed by atoms with Crippen LogP contribution in [0.5, 0.6) is 0 Å². The first-order valence-corrected chi connectivity index (χ1v) is 8.98. The maximum atomic E-state index is 12.9. The van der Waals surface area contributed by atoms with Gasteiger partial charge in [0.1, 0.15) is 0 Å². The minimum Gasteiger partial charge on any atom is -0.322 e. The predicted molar refractivity (Wildman–Crippen MR) is 109 cm³/mol. The first-order chi connectivity index (χ1) is 13.5. The van der Waals surface area contributed by atoms with Gasteiger partial charge in [-0.15, -0.1) is 0 Å². The summed E-state index contributed by atoms with van der Waals surface area (Å²) in [4.78, 5) is 38.0. The van der Waals surface area contributed by atoms with Crippen LogP contribution in [-0.2, 0) is 4.79 Å². The second-order valence-electron chi connectivity index (χ2n) is 6.31. The normalized spacial score (nSPS) is 12.6. The van der Waals surface area contributed by atoms with Crippen molar-refractivity contribution in [3.8, 4) is 0 Å². The molecule has 0 saturated heterocycles. The molecule has 0 heterocycles. The number of fused-ring (bicyclic) bond motifs is 2. The smallest absolute Gasteiger partial charge is 0.248 e. The quantitative estimate of drug-likeness (QED) is 0.515. The Morgan fingerprint density at radius 1 is 0.821 bits per heavy atom. The van der Waals surface area contributed by atoms with Crippen molar-refractivity contribution < 1.29 is 14.4 Å². The molecular formula is C23H14ClNO3. The van der Waals surface area contributed by atoms with Crippen molar-refractivity contribution in [3.05, 3.63) is 106 Å². The zero-order valence-electron chi connectivity index (χ0n) is 14.6. The maximum Gasteiger partial charge on any atom is 0.248 e. The molecule has 0 spiro atoms. The van der Waals surface area contributed by atoms with Crippen molar-refractivity contribution >= 4 is 40.8 Å². The molecule has 1 aliphatic rings. The van der Waals surface area contributed by atoms with Gasteiger partial charge in [0.15, 0.2) is 11.6 Å². The molecule has 0 aromatic heterocycles. The Bertz CT molecular complexity index is 1160. The molecule has 136 valence electrons. The van der Waals surface area contributed by atoms with E-state index < -0.39 is 5.91 Å². The second-order valence-corrected chi connectivity index (χ2v) is 6.75. The first-order valence-electron chi connectivity index (χ1n) is 8.60. The molecule has 1 aliphatic carbocycles. The van der Waals surface area contributed by atoms with Gasteiger partial charge in [-0.2, -0.15) is 0 Å². The number of halogens is 1. The SMILES string of the molecule is O=C(/C=C/c1cccc(Cl)c1)Nc1cccc2c1C(=O)c1ccccc1C2=O. The highest BCUT2D eigenvalue weighted by Gasteiger charge is 2.31. The van der Waals surface area contributed by atoms with Crippen LogP contribution in [0.15, 0.2) is 72.8 Å². The van der Waals surface area contributed by atoms with Crippen molar-refractivity contribution in [2.45, 2.75) is 0 Å². The van der Waals surface area contributed by atoms with Crippen LogP contribution in [0.3, 0.4) is 0 Å². The fraction of sp³-hybridized carbons (Fsp3) is 0. The van der Waals surface area contributed by atoms with Gasteiger partial charge >= 0.3 is 0 Å². The summed E-state index contributed by atoms with van der Waals surface area (Å²) in [7, 11) is 0. The van der Waals surface area contributed by atoms with Gasteiger partial charge < -0.3 is 5.32 Å². The van der Waals surface area contributed by atoms with Crippen molar-refractivity contribution in [1.82, 2.24) is 0 Å². The predicted octanol–water partition coefficient (Wildman–Crippen LogP) is 4.77. The van der Waals surface area contributed by atoms with Crippen LogP contribution in [0.4, 0.5) is 5.69 Å². The monoisotopic (exact) mass is 387 g/mol. The zero-order chi connectivity index (χ0) is 19.7. The van der Waals surface area contributed by atoms with Gasteiger partial charge in [0.2, 0.25) is 5.91 Å². The highest BCUT2D eigenvalue weighted by atomic mass is 35.5. The van der Waals surface area contributed by atoms with Crippen LogP contribution >= 0.6 is 11.6 Å². The summed E-state index contributed by atoms with van der Waals surface area (Å²) in [6.45, 7) is 0. The Labute approximate surface area is 166 Å². The average molecular weight is 388 g/mol. The second kappa shape index (κ2) is 7.25. The van der Waals surface area contributed by atoms with E-state index in [2.05, 4.69) is 5.32 Å². The number of anilines is 1. The third-order valence-electron chi connectivity index (χ3n) is 4.49. The molecule has 3 aromatic rings. The van der Waals surface area contributed by atoms with Gasteiger partial charge in [0, 0.05) is 27.8 Å². The molecule has 0 atom stereocenters. The molecule has 3 aromatic carbocycles. The van der Waals surface area contributed by atoms with Crippen molar-refractivity contribution in [2.75, 3.05) is 5.32 Å². The summed E-state index contributed by atoms with van der Waals surface area (Å²) in [5.41, 5.74) is 2.32. The molecule has 0 unspecified atom stereocenters. The van der Waals surface area contributed by atoms with Gasteiger partial charge in [-0.1, -0.05) is 60.1 Å². The number of hydrogen-bond acceptors (Lipinski definition) is 3. The number of carbonyl (C=O) groups excluding carboxylic acids is 3. The number of nitrogens with one attached hydrogen (secondary N) is 1. The highest BCUT2D eigenvalue weighted by Crippen LogP contribution is 2.31. The number of benzene rings is 3. The molecule has 1 N–H and O–H groups in total. The molecule has 0 fully saturated rings. The lowest BCUT2D eigenvalue weighted by Crippen LogP contribution is -2.23. The number of carbonyl (C=O) groups is 3. The van der Waals surface area contributed by atoms with E-state index in [0.717, 1.165) is 5.56 Å². The standard InChI is InChI=1S/C23H14ClNO3/c24-15-6-3-5-14(13-15)11-12-20(26)25-19-10-4-9-18-21(19)23(28)17-8-2-1-7-16(17)22(18)27/h1-13H,(H,25,26)/b12-11+. The molecule has 1 amide bonds. The van der Waals surface area contributed by atoms with Crippen LogP contribution in [0.1, 0.15) is 37.4 Å². The molecule has 0 bridgehead atoms. The molecule has 0 radical (unpaired) electrons. The summed E-state index contributed by atoms with van der Waals surface area (Å²) < 4.78 is 0. The topological polar surface area (TPSA) is 63.2 Å². The number of rotatable bonds is 3. The van der Waals surface area contributed by atoms with Crippen molar-refractivity contribution in [3.63, 3.8) is 0 Å². The Balaban J connectivity index is 1.65. The zero-order valence-corrected chi connectivity index (χ0v) is 15.4.